The monoisotopic (exact) mass is 453 g/mol. The van der Waals surface area contributed by atoms with Crippen LogP contribution in [0.2, 0.25) is 5.02 Å². The van der Waals surface area contributed by atoms with E-state index in [0.717, 1.165) is 36.1 Å². The third kappa shape index (κ3) is 4.41. The van der Waals surface area contributed by atoms with Gasteiger partial charge in [0.1, 0.15) is 11.1 Å². The molecule has 0 saturated carbocycles. The standard InChI is InChI=1S/C22H16ClN3O2S2/c23-15-6-8-16(9-7-15)29-21-10-5-14(11-19(21)26(27)28)13-25-22-18(12-24)17-3-1-2-4-20(17)30-22/h5-11,13H,1-4H2/b25-13+. The van der Waals surface area contributed by atoms with E-state index in [9.17, 15) is 15.4 Å². The third-order valence-electron chi connectivity index (χ3n) is 4.82. The van der Waals surface area contributed by atoms with Gasteiger partial charge in [-0.1, -0.05) is 29.4 Å². The summed E-state index contributed by atoms with van der Waals surface area (Å²) in [6.07, 6.45) is 5.75. The van der Waals surface area contributed by atoms with Crippen molar-refractivity contribution in [1.82, 2.24) is 0 Å². The second-order valence-corrected chi connectivity index (χ2v) is 9.44. The molecule has 3 aromatic rings. The first-order valence-electron chi connectivity index (χ1n) is 9.35. The molecule has 0 spiro atoms. The number of nitrogens with zero attached hydrogens (tertiary/aromatic N) is 3. The number of nitriles is 1. The molecule has 0 amide bonds. The van der Waals surface area contributed by atoms with Crippen molar-refractivity contribution >= 4 is 51.6 Å². The molecule has 2 aromatic carbocycles. The zero-order valence-corrected chi connectivity index (χ0v) is 18.2. The molecule has 0 fully saturated rings. The van der Waals surface area contributed by atoms with Gasteiger partial charge in [0.05, 0.1) is 15.4 Å². The van der Waals surface area contributed by atoms with Gasteiger partial charge in [0.2, 0.25) is 0 Å². The lowest BCUT2D eigenvalue weighted by Crippen LogP contribution is -1.99. The molecule has 30 heavy (non-hydrogen) atoms. The fraction of sp³-hybridized carbons (Fsp3) is 0.182. The van der Waals surface area contributed by atoms with Crippen molar-refractivity contribution in [3.63, 3.8) is 0 Å². The van der Waals surface area contributed by atoms with Gasteiger partial charge < -0.3 is 0 Å². The van der Waals surface area contributed by atoms with Crippen molar-refractivity contribution < 1.29 is 4.92 Å². The average molecular weight is 454 g/mol. The first-order chi connectivity index (χ1) is 14.5. The van der Waals surface area contributed by atoms with E-state index < -0.39 is 0 Å². The smallest absolute Gasteiger partial charge is 0.258 e. The maximum atomic E-state index is 11.6. The van der Waals surface area contributed by atoms with Crippen molar-refractivity contribution in [1.29, 1.82) is 5.26 Å². The summed E-state index contributed by atoms with van der Waals surface area (Å²) in [6, 6.07) is 14.5. The van der Waals surface area contributed by atoms with Gasteiger partial charge in [-0.05, 0) is 67.1 Å². The van der Waals surface area contributed by atoms with Gasteiger partial charge in [0.15, 0.2) is 0 Å². The van der Waals surface area contributed by atoms with Crippen LogP contribution < -0.4 is 0 Å². The van der Waals surface area contributed by atoms with Crippen molar-refractivity contribution in [2.75, 3.05) is 0 Å². The number of hydrogen-bond acceptors (Lipinski definition) is 6. The Morgan fingerprint density at radius 1 is 1.20 bits per heavy atom. The molecule has 0 N–H and O–H groups in total. The highest BCUT2D eigenvalue weighted by Crippen LogP contribution is 2.40. The zero-order chi connectivity index (χ0) is 21.1. The molecule has 0 bridgehead atoms. The average Bonchev–Trinajstić information content (AvgIpc) is 3.12. The summed E-state index contributed by atoms with van der Waals surface area (Å²) < 4.78 is 0. The maximum Gasteiger partial charge on any atom is 0.283 e. The second-order valence-electron chi connectivity index (χ2n) is 6.80. The van der Waals surface area contributed by atoms with Crippen LogP contribution in [0.25, 0.3) is 0 Å². The van der Waals surface area contributed by atoms with Crippen LogP contribution in [0.15, 0.2) is 57.2 Å². The van der Waals surface area contributed by atoms with E-state index in [1.165, 1.54) is 22.7 Å². The SMILES string of the molecule is N#Cc1c(/N=C/c2ccc(Sc3ccc(Cl)cc3)c([N+](=O)[O-])c2)sc2c1CCCC2. The molecule has 0 aliphatic heterocycles. The number of hydrogen-bond donors (Lipinski definition) is 0. The molecule has 0 saturated heterocycles. The van der Waals surface area contributed by atoms with Crippen LogP contribution in [-0.4, -0.2) is 11.1 Å². The minimum Gasteiger partial charge on any atom is -0.258 e. The first kappa shape index (κ1) is 20.6. The lowest BCUT2D eigenvalue weighted by atomic mass is 9.96. The number of thiophene rings is 1. The van der Waals surface area contributed by atoms with Crippen molar-refractivity contribution in [2.24, 2.45) is 4.99 Å². The molecule has 5 nitrogen and oxygen atoms in total. The summed E-state index contributed by atoms with van der Waals surface area (Å²) in [7, 11) is 0. The lowest BCUT2D eigenvalue weighted by Gasteiger charge is -2.09. The van der Waals surface area contributed by atoms with Crippen LogP contribution in [0.4, 0.5) is 10.7 Å². The molecule has 1 heterocycles. The highest BCUT2D eigenvalue weighted by Gasteiger charge is 2.20. The minimum absolute atomic E-state index is 0.0184. The second kappa shape index (κ2) is 9.00. The molecule has 0 atom stereocenters. The largest absolute Gasteiger partial charge is 0.283 e. The highest BCUT2D eigenvalue weighted by atomic mass is 35.5. The number of halogens is 1. The fourth-order valence-corrected chi connectivity index (χ4v) is 5.57. The zero-order valence-electron chi connectivity index (χ0n) is 15.8. The van der Waals surface area contributed by atoms with Gasteiger partial charge >= 0.3 is 0 Å². The summed E-state index contributed by atoms with van der Waals surface area (Å²) in [5.41, 5.74) is 2.42. The Balaban J connectivity index is 1.62. The quantitative estimate of drug-likeness (QED) is 0.237. The number of aliphatic imine (C=N–C) groups is 1. The number of rotatable bonds is 5. The van der Waals surface area contributed by atoms with E-state index in [1.807, 2.05) is 12.1 Å². The van der Waals surface area contributed by atoms with Crippen LogP contribution in [0, 0.1) is 21.4 Å². The van der Waals surface area contributed by atoms with Crippen molar-refractivity contribution in [3.05, 3.63) is 79.2 Å². The van der Waals surface area contributed by atoms with Gasteiger partial charge in [-0.2, -0.15) is 5.26 Å². The Morgan fingerprint density at radius 3 is 2.70 bits per heavy atom. The summed E-state index contributed by atoms with van der Waals surface area (Å²) >= 11 is 8.77. The molecular formula is C22H16ClN3O2S2. The maximum absolute atomic E-state index is 11.6. The van der Waals surface area contributed by atoms with E-state index in [2.05, 4.69) is 11.1 Å². The van der Waals surface area contributed by atoms with E-state index in [-0.39, 0.29) is 10.6 Å². The van der Waals surface area contributed by atoms with Crippen LogP contribution >= 0.6 is 34.7 Å². The lowest BCUT2D eigenvalue weighted by molar-refractivity contribution is -0.387. The predicted molar refractivity (Wildman–Crippen MR) is 122 cm³/mol. The summed E-state index contributed by atoms with van der Waals surface area (Å²) in [4.78, 5) is 18.4. The Kier molecular flexibility index (Phi) is 6.18. The van der Waals surface area contributed by atoms with Gasteiger partial charge in [-0.3, -0.25) is 10.1 Å². The molecule has 150 valence electrons. The third-order valence-corrected chi connectivity index (χ3v) is 7.34. The molecule has 1 aromatic heterocycles. The molecule has 0 unspecified atom stereocenters. The van der Waals surface area contributed by atoms with Crippen LogP contribution in [0.3, 0.4) is 0 Å². The molecule has 0 radical (unpaired) electrons. The number of aryl methyl sites for hydroxylation is 1. The molecule has 1 aliphatic rings. The Labute approximate surface area is 187 Å². The van der Waals surface area contributed by atoms with Crippen molar-refractivity contribution in [3.8, 4) is 6.07 Å². The number of nitro benzene ring substituents is 1. The Morgan fingerprint density at radius 2 is 1.97 bits per heavy atom. The van der Waals surface area contributed by atoms with Crippen LogP contribution in [0.5, 0.6) is 0 Å². The van der Waals surface area contributed by atoms with Crippen LogP contribution in [0.1, 0.15) is 34.4 Å². The molecule has 8 heteroatoms. The van der Waals surface area contributed by atoms with E-state index in [4.69, 9.17) is 11.6 Å². The molecule has 4 rings (SSSR count). The summed E-state index contributed by atoms with van der Waals surface area (Å²) in [5.74, 6) is 0. The van der Waals surface area contributed by atoms with Gasteiger partial charge in [-0.15, -0.1) is 11.3 Å². The number of nitro groups is 1. The van der Waals surface area contributed by atoms with E-state index in [0.29, 0.717) is 26.0 Å². The van der Waals surface area contributed by atoms with Crippen molar-refractivity contribution in [2.45, 2.75) is 35.5 Å². The molecular weight excluding hydrogens is 438 g/mol. The summed E-state index contributed by atoms with van der Waals surface area (Å²) in [5, 5.41) is 22.5. The van der Waals surface area contributed by atoms with E-state index in [1.54, 1.807) is 41.8 Å². The predicted octanol–water partition coefficient (Wildman–Crippen LogP) is 6.96. The highest BCUT2D eigenvalue weighted by molar-refractivity contribution is 7.99. The van der Waals surface area contributed by atoms with Gasteiger partial charge in [0, 0.05) is 27.1 Å². The first-order valence-corrected chi connectivity index (χ1v) is 11.4. The van der Waals surface area contributed by atoms with E-state index >= 15 is 0 Å². The number of fused-ring (bicyclic) bond motifs is 1. The normalized spacial score (nSPS) is 13.2. The van der Waals surface area contributed by atoms with Gasteiger partial charge in [-0.25, -0.2) is 4.99 Å². The molecule has 1 aliphatic carbocycles. The minimum atomic E-state index is -0.389. The summed E-state index contributed by atoms with van der Waals surface area (Å²) in [6.45, 7) is 0. The fourth-order valence-electron chi connectivity index (χ4n) is 3.36. The van der Waals surface area contributed by atoms with Gasteiger partial charge in [0.25, 0.3) is 5.69 Å². The number of benzene rings is 2. The van der Waals surface area contributed by atoms with Crippen LogP contribution in [-0.2, 0) is 12.8 Å². The Bertz CT molecular complexity index is 1180. The Hall–Kier alpha value is -2.66. The topological polar surface area (TPSA) is 79.3 Å².